The molecular formula is C18H21N5O4. The summed E-state index contributed by atoms with van der Waals surface area (Å²) in [6, 6.07) is 8.99. The van der Waals surface area contributed by atoms with Gasteiger partial charge in [0.15, 0.2) is 0 Å². The summed E-state index contributed by atoms with van der Waals surface area (Å²) in [5, 5.41) is 5.96. The minimum Gasteiger partial charge on any atom is -0.491 e. The van der Waals surface area contributed by atoms with E-state index in [1.54, 1.807) is 0 Å². The van der Waals surface area contributed by atoms with Gasteiger partial charge < -0.3 is 14.8 Å². The van der Waals surface area contributed by atoms with Crippen LogP contribution in [0.1, 0.15) is 25.1 Å². The summed E-state index contributed by atoms with van der Waals surface area (Å²) in [7, 11) is 1.28. The number of H-pyrrole nitrogens is 1. The van der Waals surface area contributed by atoms with E-state index in [9.17, 15) is 9.59 Å². The SMILES string of the molecule is COC(=O)Cc1cc(=O)n2[nH]c(NCc3ccc(OC(C)C)cc3)nc2n1. The van der Waals surface area contributed by atoms with Gasteiger partial charge in [-0.25, -0.2) is 4.98 Å². The molecule has 3 rings (SSSR count). The summed E-state index contributed by atoms with van der Waals surface area (Å²) in [4.78, 5) is 31.9. The van der Waals surface area contributed by atoms with Crippen molar-refractivity contribution in [1.29, 1.82) is 0 Å². The van der Waals surface area contributed by atoms with Crippen LogP contribution in [-0.2, 0) is 22.5 Å². The van der Waals surface area contributed by atoms with Crippen LogP contribution in [0.2, 0.25) is 0 Å². The molecular weight excluding hydrogens is 350 g/mol. The van der Waals surface area contributed by atoms with Crippen LogP contribution in [0.25, 0.3) is 5.78 Å². The number of carbonyl (C=O) groups excluding carboxylic acids is 1. The van der Waals surface area contributed by atoms with Crippen molar-refractivity contribution in [3.05, 3.63) is 51.9 Å². The number of methoxy groups -OCH3 is 1. The fourth-order valence-electron chi connectivity index (χ4n) is 2.46. The Hall–Kier alpha value is -3.36. The Morgan fingerprint density at radius 2 is 2.00 bits per heavy atom. The third-order valence-corrected chi connectivity index (χ3v) is 3.69. The van der Waals surface area contributed by atoms with Crippen molar-refractivity contribution in [1.82, 2.24) is 19.6 Å². The van der Waals surface area contributed by atoms with Crippen molar-refractivity contribution in [3.8, 4) is 5.75 Å². The lowest BCUT2D eigenvalue weighted by Gasteiger charge is -2.10. The maximum Gasteiger partial charge on any atom is 0.311 e. The zero-order valence-electron chi connectivity index (χ0n) is 15.4. The number of esters is 1. The van der Waals surface area contributed by atoms with E-state index in [4.69, 9.17) is 4.74 Å². The molecule has 2 N–H and O–H groups in total. The number of nitrogens with zero attached hydrogens (tertiary/aromatic N) is 3. The van der Waals surface area contributed by atoms with Gasteiger partial charge in [-0.15, -0.1) is 0 Å². The first-order valence-electron chi connectivity index (χ1n) is 8.49. The van der Waals surface area contributed by atoms with E-state index in [1.165, 1.54) is 17.7 Å². The van der Waals surface area contributed by atoms with Crippen molar-refractivity contribution in [3.63, 3.8) is 0 Å². The quantitative estimate of drug-likeness (QED) is 0.606. The summed E-state index contributed by atoms with van der Waals surface area (Å²) in [6.45, 7) is 4.46. The number of anilines is 1. The van der Waals surface area contributed by atoms with E-state index in [2.05, 4.69) is 25.1 Å². The molecule has 0 aliphatic heterocycles. The number of ether oxygens (including phenoxy) is 2. The summed E-state index contributed by atoms with van der Waals surface area (Å²) in [5.74, 6) is 0.929. The van der Waals surface area contributed by atoms with Gasteiger partial charge in [-0.2, -0.15) is 9.50 Å². The van der Waals surface area contributed by atoms with Crippen molar-refractivity contribution in [2.75, 3.05) is 12.4 Å². The highest BCUT2D eigenvalue weighted by Gasteiger charge is 2.11. The first-order valence-corrected chi connectivity index (χ1v) is 8.49. The number of aromatic amines is 1. The van der Waals surface area contributed by atoms with Crippen molar-refractivity contribution < 1.29 is 14.3 Å². The second-order valence-electron chi connectivity index (χ2n) is 6.21. The third-order valence-electron chi connectivity index (χ3n) is 3.69. The van der Waals surface area contributed by atoms with Gasteiger partial charge in [-0.1, -0.05) is 12.1 Å². The van der Waals surface area contributed by atoms with Crippen LogP contribution in [0.5, 0.6) is 5.75 Å². The number of nitrogens with one attached hydrogen (secondary N) is 2. The minimum absolute atomic E-state index is 0.0807. The molecule has 1 aromatic carbocycles. The van der Waals surface area contributed by atoms with Crippen LogP contribution >= 0.6 is 0 Å². The topological polar surface area (TPSA) is 111 Å². The predicted octanol–water partition coefficient (Wildman–Crippen LogP) is 1.53. The van der Waals surface area contributed by atoms with Crippen LogP contribution in [0.3, 0.4) is 0 Å². The third kappa shape index (κ3) is 4.63. The molecule has 0 spiro atoms. The first-order chi connectivity index (χ1) is 12.9. The van der Waals surface area contributed by atoms with E-state index in [0.717, 1.165) is 11.3 Å². The monoisotopic (exact) mass is 371 g/mol. The van der Waals surface area contributed by atoms with E-state index in [-0.39, 0.29) is 23.9 Å². The van der Waals surface area contributed by atoms with Gasteiger partial charge >= 0.3 is 5.97 Å². The smallest absolute Gasteiger partial charge is 0.311 e. The maximum absolute atomic E-state index is 12.1. The molecule has 142 valence electrons. The minimum atomic E-state index is -0.468. The van der Waals surface area contributed by atoms with Gasteiger partial charge in [0.1, 0.15) is 5.75 Å². The number of hydrogen-bond donors (Lipinski definition) is 2. The van der Waals surface area contributed by atoms with Crippen LogP contribution < -0.4 is 15.6 Å². The largest absolute Gasteiger partial charge is 0.491 e. The average molecular weight is 371 g/mol. The predicted molar refractivity (Wildman–Crippen MR) is 98.9 cm³/mol. The highest BCUT2D eigenvalue weighted by Crippen LogP contribution is 2.14. The second kappa shape index (κ2) is 7.90. The fraction of sp³-hybridized carbons (Fsp3) is 0.333. The lowest BCUT2D eigenvalue weighted by molar-refractivity contribution is -0.139. The molecule has 0 saturated heterocycles. The van der Waals surface area contributed by atoms with Gasteiger partial charge in [0.05, 0.1) is 25.3 Å². The number of fused-ring (bicyclic) bond motifs is 1. The molecule has 0 fully saturated rings. The Labute approximate surface area is 155 Å². The number of hydrogen-bond acceptors (Lipinski definition) is 7. The molecule has 0 saturated carbocycles. The van der Waals surface area contributed by atoms with Crippen LogP contribution in [0.4, 0.5) is 5.95 Å². The number of benzene rings is 1. The number of rotatable bonds is 7. The Kier molecular flexibility index (Phi) is 5.39. The highest BCUT2D eigenvalue weighted by molar-refractivity contribution is 5.71. The normalized spacial score (nSPS) is 11.0. The van der Waals surface area contributed by atoms with E-state index >= 15 is 0 Å². The summed E-state index contributed by atoms with van der Waals surface area (Å²) >= 11 is 0. The zero-order valence-corrected chi connectivity index (χ0v) is 15.4. The zero-order chi connectivity index (χ0) is 19.4. The van der Waals surface area contributed by atoms with Crippen molar-refractivity contribution in [2.45, 2.75) is 32.9 Å². The lowest BCUT2D eigenvalue weighted by Crippen LogP contribution is -2.17. The number of carbonyl (C=O) groups is 1. The Morgan fingerprint density at radius 1 is 1.26 bits per heavy atom. The molecule has 27 heavy (non-hydrogen) atoms. The molecule has 2 heterocycles. The number of aromatic nitrogens is 4. The first kappa shape index (κ1) is 18.4. The standard InChI is InChI=1S/C18H21N5O4/c1-11(2)27-14-6-4-12(5-7-14)10-19-17-21-18-20-13(9-16(25)26-3)8-15(24)23(18)22-17/h4-8,11H,9-10H2,1-3H3,(H2,19,20,21,22). The van der Waals surface area contributed by atoms with Crippen LogP contribution in [0, 0.1) is 0 Å². The molecule has 0 unspecified atom stereocenters. The Morgan fingerprint density at radius 3 is 2.67 bits per heavy atom. The molecule has 0 atom stereocenters. The van der Waals surface area contributed by atoms with Crippen molar-refractivity contribution >= 4 is 17.7 Å². The molecule has 3 aromatic rings. The molecule has 0 amide bonds. The van der Waals surface area contributed by atoms with E-state index in [0.29, 0.717) is 18.2 Å². The van der Waals surface area contributed by atoms with Gasteiger partial charge in [0, 0.05) is 12.6 Å². The maximum atomic E-state index is 12.1. The summed E-state index contributed by atoms with van der Waals surface area (Å²) in [6.07, 6.45) is 0.0438. The van der Waals surface area contributed by atoms with Crippen molar-refractivity contribution in [2.24, 2.45) is 0 Å². The van der Waals surface area contributed by atoms with Gasteiger partial charge in [-0.05, 0) is 31.5 Å². The lowest BCUT2D eigenvalue weighted by atomic mass is 10.2. The summed E-state index contributed by atoms with van der Waals surface area (Å²) in [5.41, 5.74) is 0.985. The summed E-state index contributed by atoms with van der Waals surface area (Å²) < 4.78 is 11.4. The molecule has 0 bridgehead atoms. The highest BCUT2D eigenvalue weighted by atomic mass is 16.5. The second-order valence-corrected chi connectivity index (χ2v) is 6.21. The fourth-order valence-corrected chi connectivity index (χ4v) is 2.46. The Bertz CT molecular complexity index is 991. The molecule has 2 aromatic heterocycles. The molecule has 0 aliphatic rings. The molecule has 0 aliphatic carbocycles. The van der Waals surface area contributed by atoms with Crippen LogP contribution in [0.15, 0.2) is 35.1 Å². The average Bonchev–Trinajstić information content (AvgIpc) is 3.04. The Balaban J connectivity index is 1.71. The van der Waals surface area contributed by atoms with E-state index in [1.807, 2.05) is 38.1 Å². The van der Waals surface area contributed by atoms with Gasteiger partial charge in [0.25, 0.3) is 11.3 Å². The van der Waals surface area contributed by atoms with Gasteiger partial charge in [-0.3, -0.25) is 14.7 Å². The molecule has 9 nitrogen and oxygen atoms in total. The molecule has 0 radical (unpaired) electrons. The van der Waals surface area contributed by atoms with Crippen LogP contribution in [-0.4, -0.2) is 38.8 Å². The van der Waals surface area contributed by atoms with Gasteiger partial charge in [0.2, 0.25) is 5.95 Å². The van der Waals surface area contributed by atoms with E-state index < -0.39 is 5.97 Å². The molecule has 9 heteroatoms.